The summed E-state index contributed by atoms with van der Waals surface area (Å²) < 4.78 is 24.2. The number of H-pyrrole nitrogens is 1. The fourth-order valence-electron chi connectivity index (χ4n) is 3.34. The van der Waals surface area contributed by atoms with Gasteiger partial charge >= 0.3 is 0 Å². The molecule has 0 atom stereocenters. The Morgan fingerprint density at radius 1 is 1.33 bits per heavy atom. The molecule has 2 aromatic rings. The van der Waals surface area contributed by atoms with Gasteiger partial charge in [-0.2, -0.15) is 0 Å². The molecule has 1 aliphatic carbocycles. The molecule has 24 heavy (non-hydrogen) atoms. The minimum Gasteiger partial charge on any atom is -0.396 e. The normalized spacial score (nSPS) is 20.9. The van der Waals surface area contributed by atoms with Crippen LogP contribution in [0.3, 0.4) is 0 Å². The van der Waals surface area contributed by atoms with Crippen molar-refractivity contribution in [1.29, 1.82) is 0 Å². The Labute approximate surface area is 142 Å². The standard InChI is InChI=1S/C16H24N4O3S/c1-20(16-14-4-5-17-15(14)18-11-19-16)13-8-12(9-13)10-24(22,23)7-3-2-6-21/h4-5,11-13,21H,2-3,6-10H2,1H3,(H,17,18,19)/t12-,13+. The molecule has 1 fully saturated rings. The number of aromatic nitrogens is 3. The van der Waals surface area contributed by atoms with Gasteiger partial charge in [0.05, 0.1) is 16.9 Å². The number of fused-ring (bicyclic) bond motifs is 1. The zero-order valence-electron chi connectivity index (χ0n) is 13.9. The Balaban J connectivity index is 1.55. The van der Waals surface area contributed by atoms with Crippen LogP contribution in [0.5, 0.6) is 0 Å². The Bertz CT molecular complexity index is 783. The summed E-state index contributed by atoms with van der Waals surface area (Å²) in [4.78, 5) is 13.8. The van der Waals surface area contributed by atoms with Crippen molar-refractivity contribution in [3.8, 4) is 0 Å². The number of nitrogens with one attached hydrogen (secondary N) is 1. The molecule has 7 nitrogen and oxygen atoms in total. The second-order valence-corrected chi connectivity index (χ2v) is 8.81. The van der Waals surface area contributed by atoms with E-state index in [0.717, 1.165) is 29.7 Å². The molecule has 0 bridgehead atoms. The lowest BCUT2D eigenvalue weighted by molar-refractivity contribution is 0.281. The van der Waals surface area contributed by atoms with Gasteiger partial charge in [-0.3, -0.25) is 0 Å². The van der Waals surface area contributed by atoms with Gasteiger partial charge in [-0.15, -0.1) is 0 Å². The van der Waals surface area contributed by atoms with Crippen LogP contribution in [0.25, 0.3) is 11.0 Å². The highest BCUT2D eigenvalue weighted by Crippen LogP contribution is 2.35. The molecule has 2 aromatic heterocycles. The summed E-state index contributed by atoms with van der Waals surface area (Å²) in [6.45, 7) is 0.0539. The Morgan fingerprint density at radius 2 is 2.12 bits per heavy atom. The van der Waals surface area contributed by atoms with Crippen molar-refractivity contribution in [3.63, 3.8) is 0 Å². The molecule has 1 aliphatic rings. The van der Waals surface area contributed by atoms with E-state index in [0.29, 0.717) is 18.9 Å². The van der Waals surface area contributed by atoms with E-state index in [2.05, 4.69) is 19.9 Å². The van der Waals surface area contributed by atoms with Crippen LogP contribution in [0.1, 0.15) is 25.7 Å². The molecule has 1 saturated carbocycles. The molecule has 0 amide bonds. The third-order valence-electron chi connectivity index (χ3n) is 4.78. The molecule has 0 radical (unpaired) electrons. The lowest BCUT2D eigenvalue weighted by atomic mass is 9.81. The lowest BCUT2D eigenvalue weighted by Crippen LogP contribution is -2.45. The summed E-state index contributed by atoms with van der Waals surface area (Å²) in [5.74, 6) is 1.54. The first kappa shape index (κ1) is 17.2. The first-order valence-electron chi connectivity index (χ1n) is 8.32. The molecular formula is C16H24N4O3S. The van der Waals surface area contributed by atoms with E-state index in [4.69, 9.17) is 5.11 Å². The van der Waals surface area contributed by atoms with Gasteiger partial charge in [0.2, 0.25) is 0 Å². The minimum absolute atomic E-state index is 0.0539. The molecule has 0 aromatic carbocycles. The predicted molar refractivity (Wildman–Crippen MR) is 93.8 cm³/mol. The highest BCUT2D eigenvalue weighted by Gasteiger charge is 2.35. The van der Waals surface area contributed by atoms with E-state index in [1.165, 1.54) is 0 Å². The molecule has 2 N–H and O–H groups in total. The molecular weight excluding hydrogens is 328 g/mol. The number of anilines is 1. The first-order valence-corrected chi connectivity index (χ1v) is 10.1. The number of hydrogen-bond acceptors (Lipinski definition) is 6. The molecule has 0 aliphatic heterocycles. The van der Waals surface area contributed by atoms with Gasteiger partial charge in [-0.1, -0.05) is 0 Å². The van der Waals surface area contributed by atoms with Crippen molar-refractivity contribution >= 4 is 26.7 Å². The van der Waals surface area contributed by atoms with E-state index in [-0.39, 0.29) is 24.0 Å². The van der Waals surface area contributed by atoms with Crippen LogP contribution >= 0.6 is 0 Å². The van der Waals surface area contributed by atoms with E-state index in [1.54, 1.807) is 6.33 Å². The van der Waals surface area contributed by atoms with Crippen LogP contribution in [0, 0.1) is 5.92 Å². The van der Waals surface area contributed by atoms with E-state index >= 15 is 0 Å². The summed E-state index contributed by atoms with van der Waals surface area (Å²) in [5.41, 5.74) is 0.814. The summed E-state index contributed by atoms with van der Waals surface area (Å²) in [6.07, 6.45) is 6.22. The van der Waals surface area contributed by atoms with Crippen molar-refractivity contribution in [1.82, 2.24) is 15.0 Å². The van der Waals surface area contributed by atoms with E-state index in [1.807, 2.05) is 19.3 Å². The van der Waals surface area contributed by atoms with Gasteiger partial charge in [0.15, 0.2) is 9.84 Å². The van der Waals surface area contributed by atoms with Gasteiger partial charge in [0, 0.05) is 25.9 Å². The van der Waals surface area contributed by atoms with Crippen molar-refractivity contribution < 1.29 is 13.5 Å². The molecule has 2 heterocycles. The summed E-state index contributed by atoms with van der Waals surface area (Å²) in [5, 5.41) is 9.74. The lowest BCUT2D eigenvalue weighted by Gasteiger charge is -2.41. The molecule has 0 unspecified atom stereocenters. The van der Waals surface area contributed by atoms with Gasteiger partial charge in [0.1, 0.15) is 17.8 Å². The van der Waals surface area contributed by atoms with Crippen LogP contribution < -0.4 is 4.90 Å². The summed E-state index contributed by atoms with van der Waals surface area (Å²) in [7, 11) is -1.01. The van der Waals surface area contributed by atoms with Crippen LogP contribution in [0.4, 0.5) is 5.82 Å². The number of nitrogens with zero attached hydrogens (tertiary/aromatic N) is 3. The molecule has 8 heteroatoms. The second kappa shape index (κ2) is 7.06. The highest BCUT2D eigenvalue weighted by atomic mass is 32.2. The van der Waals surface area contributed by atoms with Crippen molar-refractivity contribution in [2.45, 2.75) is 31.7 Å². The predicted octanol–water partition coefficient (Wildman–Crippen LogP) is 1.36. The van der Waals surface area contributed by atoms with Gasteiger partial charge in [-0.25, -0.2) is 18.4 Å². The Kier molecular flexibility index (Phi) is 5.05. The second-order valence-electron chi connectivity index (χ2n) is 6.58. The maximum absolute atomic E-state index is 12.1. The number of unbranched alkanes of at least 4 members (excludes halogenated alkanes) is 1. The highest BCUT2D eigenvalue weighted by molar-refractivity contribution is 7.91. The fraction of sp³-hybridized carbons (Fsp3) is 0.625. The van der Waals surface area contributed by atoms with Crippen LogP contribution in [0.15, 0.2) is 18.6 Å². The topological polar surface area (TPSA) is 99.2 Å². The number of aromatic amines is 1. The average molecular weight is 352 g/mol. The third-order valence-corrected chi connectivity index (χ3v) is 6.67. The quantitative estimate of drug-likeness (QED) is 0.696. The molecule has 0 saturated heterocycles. The van der Waals surface area contributed by atoms with E-state index in [9.17, 15) is 8.42 Å². The largest absolute Gasteiger partial charge is 0.396 e. The monoisotopic (exact) mass is 352 g/mol. The number of sulfone groups is 1. The average Bonchev–Trinajstić information content (AvgIpc) is 2.98. The van der Waals surface area contributed by atoms with E-state index < -0.39 is 9.84 Å². The third kappa shape index (κ3) is 3.70. The van der Waals surface area contributed by atoms with Crippen LogP contribution in [-0.2, 0) is 9.84 Å². The summed E-state index contributed by atoms with van der Waals surface area (Å²) >= 11 is 0. The number of aliphatic hydroxyl groups excluding tert-OH is 1. The van der Waals surface area contributed by atoms with Crippen LogP contribution in [0.2, 0.25) is 0 Å². The Morgan fingerprint density at radius 3 is 2.88 bits per heavy atom. The molecule has 3 rings (SSSR count). The van der Waals surface area contributed by atoms with Gasteiger partial charge < -0.3 is 15.0 Å². The smallest absolute Gasteiger partial charge is 0.150 e. The zero-order valence-corrected chi connectivity index (χ0v) is 14.7. The van der Waals surface area contributed by atoms with Crippen molar-refractivity contribution in [3.05, 3.63) is 18.6 Å². The maximum atomic E-state index is 12.1. The first-order chi connectivity index (χ1) is 11.5. The van der Waals surface area contributed by atoms with Gasteiger partial charge in [0.25, 0.3) is 0 Å². The van der Waals surface area contributed by atoms with Gasteiger partial charge in [-0.05, 0) is 37.7 Å². The molecule has 132 valence electrons. The van der Waals surface area contributed by atoms with Crippen LogP contribution in [-0.4, -0.2) is 59.7 Å². The SMILES string of the molecule is CN(c1ncnc2[nH]ccc12)[C@H]1C[C@@H](CS(=O)(=O)CCCCO)C1. The number of hydrogen-bond donors (Lipinski definition) is 2. The minimum atomic E-state index is -3.01. The fourth-order valence-corrected chi connectivity index (χ4v) is 5.14. The number of rotatable bonds is 8. The summed E-state index contributed by atoms with van der Waals surface area (Å²) in [6, 6.07) is 2.28. The Hall–Kier alpha value is -1.67. The zero-order chi connectivity index (χ0) is 17.2. The number of aliphatic hydroxyl groups is 1. The van der Waals surface area contributed by atoms with Crippen molar-refractivity contribution in [2.75, 3.05) is 30.1 Å². The van der Waals surface area contributed by atoms with Crippen molar-refractivity contribution in [2.24, 2.45) is 5.92 Å². The molecule has 0 spiro atoms. The maximum Gasteiger partial charge on any atom is 0.150 e.